The Kier molecular flexibility index (Phi) is 4.37. The third-order valence-corrected chi connectivity index (χ3v) is 5.06. The molecular formula is C17H21NO2S. The fraction of sp³-hybridized carbons (Fsp3) is 0.294. The highest BCUT2D eigenvalue weighted by atomic mass is 32.2. The van der Waals surface area contributed by atoms with Crippen molar-refractivity contribution in [1.82, 2.24) is 0 Å². The highest BCUT2D eigenvalue weighted by Gasteiger charge is 2.15. The van der Waals surface area contributed by atoms with E-state index in [2.05, 4.69) is 0 Å². The van der Waals surface area contributed by atoms with Crippen LogP contribution in [0.25, 0.3) is 0 Å². The van der Waals surface area contributed by atoms with E-state index in [4.69, 9.17) is 5.73 Å². The van der Waals surface area contributed by atoms with Gasteiger partial charge in [-0.15, -0.1) is 0 Å². The monoisotopic (exact) mass is 303 g/mol. The minimum absolute atomic E-state index is 0.0247. The van der Waals surface area contributed by atoms with Crippen molar-refractivity contribution in [1.29, 1.82) is 0 Å². The molecule has 3 nitrogen and oxygen atoms in total. The van der Waals surface area contributed by atoms with Crippen LogP contribution in [0.2, 0.25) is 0 Å². The van der Waals surface area contributed by atoms with Gasteiger partial charge in [0.25, 0.3) is 0 Å². The van der Waals surface area contributed by atoms with Gasteiger partial charge in [0.1, 0.15) is 0 Å². The van der Waals surface area contributed by atoms with Crippen molar-refractivity contribution in [3.63, 3.8) is 0 Å². The fourth-order valence-electron chi connectivity index (χ4n) is 2.55. The van der Waals surface area contributed by atoms with Crippen molar-refractivity contribution < 1.29 is 8.42 Å². The second kappa shape index (κ2) is 5.90. The Morgan fingerprint density at radius 2 is 1.57 bits per heavy atom. The number of benzene rings is 2. The smallest absolute Gasteiger partial charge is 0.158 e. The van der Waals surface area contributed by atoms with Gasteiger partial charge in [-0.25, -0.2) is 8.42 Å². The first-order valence-corrected chi connectivity index (χ1v) is 8.70. The number of nitrogens with two attached hydrogens (primary N) is 1. The Morgan fingerprint density at radius 3 is 2.19 bits per heavy atom. The van der Waals surface area contributed by atoms with Gasteiger partial charge in [0.15, 0.2) is 9.84 Å². The maximum absolute atomic E-state index is 12.4. The van der Waals surface area contributed by atoms with Crippen LogP contribution in [0.4, 0.5) is 5.69 Å². The van der Waals surface area contributed by atoms with Crippen molar-refractivity contribution in [2.75, 3.05) is 5.73 Å². The van der Waals surface area contributed by atoms with Gasteiger partial charge in [-0.3, -0.25) is 0 Å². The maximum atomic E-state index is 12.4. The van der Waals surface area contributed by atoms with Crippen LogP contribution < -0.4 is 5.73 Å². The van der Waals surface area contributed by atoms with Crippen molar-refractivity contribution in [3.8, 4) is 0 Å². The van der Waals surface area contributed by atoms with Crippen LogP contribution in [0.15, 0.2) is 36.4 Å². The normalized spacial score (nSPS) is 11.6. The minimum atomic E-state index is -3.22. The van der Waals surface area contributed by atoms with Crippen LogP contribution in [0.3, 0.4) is 0 Å². The zero-order valence-corrected chi connectivity index (χ0v) is 13.5. The number of rotatable bonds is 4. The van der Waals surface area contributed by atoms with E-state index in [0.717, 1.165) is 27.8 Å². The Balaban J connectivity index is 2.24. The van der Waals surface area contributed by atoms with Gasteiger partial charge in [0.05, 0.1) is 11.5 Å². The number of nitrogen functional groups attached to an aromatic ring is 1. The first-order chi connectivity index (χ1) is 9.77. The maximum Gasteiger partial charge on any atom is 0.158 e. The topological polar surface area (TPSA) is 60.2 Å². The van der Waals surface area contributed by atoms with Crippen LogP contribution in [0, 0.1) is 20.8 Å². The molecule has 2 aromatic rings. The third-order valence-electron chi connectivity index (χ3n) is 3.53. The summed E-state index contributed by atoms with van der Waals surface area (Å²) in [6.45, 7) is 5.81. The van der Waals surface area contributed by atoms with E-state index in [1.165, 1.54) is 0 Å². The van der Waals surface area contributed by atoms with Gasteiger partial charge in [-0.1, -0.05) is 41.5 Å². The summed E-state index contributed by atoms with van der Waals surface area (Å²) < 4.78 is 24.8. The molecule has 2 N–H and O–H groups in total. The lowest BCUT2D eigenvalue weighted by Gasteiger charge is -2.10. The third kappa shape index (κ3) is 4.08. The molecule has 0 amide bonds. The molecule has 0 atom stereocenters. The van der Waals surface area contributed by atoms with Gasteiger partial charge >= 0.3 is 0 Å². The molecule has 112 valence electrons. The minimum Gasteiger partial charge on any atom is -0.399 e. The molecule has 0 bridgehead atoms. The number of sulfone groups is 1. The largest absolute Gasteiger partial charge is 0.399 e. The standard InChI is InChI=1S/C17H21NO2S/c1-12-7-13(2)9-15(8-12)10-21(19,20)11-16-5-4-6-17(18)14(16)3/h4-9H,10-11,18H2,1-3H3. The molecule has 0 fully saturated rings. The highest BCUT2D eigenvalue weighted by molar-refractivity contribution is 7.89. The van der Waals surface area contributed by atoms with Crippen molar-refractivity contribution in [3.05, 3.63) is 64.2 Å². The number of hydrogen-bond acceptors (Lipinski definition) is 3. The summed E-state index contributed by atoms with van der Waals surface area (Å²) in [6, 6.07) is 11.3. The summed E-state index contributed by atoms with van der Waals surface area (Å²) >= 11 is 0. The number of anilines is 1. The van der Waals surface area contributed by atoms with E-state index in [9.17, 15) is 8.42 Å². The molecule has 0 saturated heterocycles. The molecule has 2 aromatic carbocycles. The van der Waals surface area contributed by atoms with Crippen LogP contribution in [0.1, 0.15) is 27.8 Å². The molecule has 0 radical (unpaired) electrons. The van der Waals surface area contributed by atoms with Gasteiger partial charge in [-0.05, 0) is 43.5 Å². The predicted molar refractivity (Wildman–Crippen MR) is 87.8 cm³/mol. The van der Waals surface area contributed by atoms with Gasteiger partial charge in [-0.2, -0.15) is 0 Å². The predicted octanol–water partition coefficient (Wildman–Crippen LogP) is 3.31. The lowest BCUT2D eigenvalue weighted by atomic mass is 10.1. The summed E-state index contributed by atoms with van der Waals surface area (Å²) in [4.78, 5) is 0. The molecule has 0 aliphatic carbocycles. The summed E-state index contributed by atoms with van der Waals surface area (Å²) in [5.41, 5.74) is 11.1. The first-order valence-electron chi connectivity index (χ1n) is 6.88. The van der Waals surface area contributed by atoms with Crippen molar-refractivity contribution >= 4 is 15.5 Å². The van der Waals surface area contributed by atoms with Gasteiger partial charge in [0, 0.05) is 5.69 Å². The summed E-state index contributed by atoms with van der Waals surface area (Å²) in [5, 5.41) is 0. The lowest BCUT2D eigenvalue weighted by molar-refractivity contribution is 0.594. The fourth-order valence-corrected chi connectivity index (χ4v) is 4.12. The van der Waals surface area contributed by atoms with Gasteiger partial charge < -0.3 is 5.73 Å². The summed E-state index contributed by atoms with van der Waals surface area (Å²) in [5.74, 6) is 0.0840. The van der Waals surface area contributed by atoms with Crippen LogP contribution in [-0.4, -0.2) is 8.42 Å². The second-order valence-electron chi connectivity index (χ2n) is 5.66. The molecule has 0 unspecified atom stereocenters. The summed E-state index contributed by atoms with van der Waals surface area (Å²) in [7, 11) is -3.22. The quantitative estimate of drug-likeness (QED) is 0.882. The lowest BCUT2D eigenvalue weighted by Crippen LogP contribution is -2.09. The molecular weight excluding hydrogens is 282 g/mol. The van der Waals surface area contributed by atoms with Crippen molar-refractivity contribution in [2.24, 2.45) is 0 Å². The molecule has 0 aromatic heterocycles. The SMILES string of the molecule is Cc1cc(C)cc(CS(=O)(=O)Cc2cccc(N)c2C)c1. The van der Waals surface area contributed by atoms with Crippen LogP contribution >= 0.6 is 0 Å². The molecule has 0 heterocycles. The molecule has 0 spiro atoms. The Hall–Kier alpha value is -1.81. The number of aryl methyl sites for hydroxylation is 2. The molecule has 2 rings (SSSR count). The Labute approximate surface area is 126 Å². The number of hydrogen-bond donors (Lipinski definition) is 1. The van der Waals surface area contributed by atoms with E-state index < -0.39 is 9.84 Å². The van der Waals surface area contributed by atoms with Crippen LogP contribution in [-0.2, 0) is 21.3 Å². The van der Waals surface area contributed by atoms with Crippen LogP contribution in [0.5, 0.6) is 0 Å². The molecule has 21 heavy (non-hydrogen) atoms. The zero-order chi connectivity index (χ0) is 15.6. The average molecular weight is 303 g/mol. The van der Waals surface area contributed by atoms with Crippen molar-refractivity contribution in [2.45, 2.75) is 32.3 Å². The second-order valence-corrected chi connectivity index (χ2v) is 7.72. The van der Waals surface area contributed by atoms with E-state index >= 15 is 0 Å². The van der Waals surface area contributed by atoms with E-state index in [1.807, 2.05) is 45.0 Å². The van der Waals surface area contributed by atoms with Gasteiger partial charge in [0.2, 0.25) is 0 Å². The molecule has 4 heteroatoms. The van der Waals surface area contributed by atoms with E-state index in [0.29, 0.717) is 5.69 Å². The van der Waals surface area contributed by atoms with E-state index in [-0.39, 0.29) is 11.5 Å². The molecule has 0 saturated carbocycles. The molecule has 0 aliphatic heterocycles. The first kappa shape index (κ1) is 15.6. The average Bonchev–Trinajstić information content (AvgIpc) is 2.32. The van der Waals surface area contributed by atoms with E-state index in [1.54, 1.807) is 12.1 Å². The highest BCUT2D eigenvalue weighted by Crippen LogP contribution is 2.20. The Bertz CT molecular complexity index is 744. The zero-order valence-electron chi connectivity index (χ0n) is 12.7. The Morgan fingerprint density at radius 1 is 0.952 bits per heavy atom. The summed E-state index contributed by atoms with van der Waals surface area (Å²) in [6.07, 6.45) is 0. The molecule has 0 aliphatic rings.